The molecule has 4 nitrogen and oxygen atoms in total. The molecule has 0 spiro atoms. The van der Waals surface area contributed by atoms with Crippen molar-refractivity contribution in [3.8, 4) is 0 Å². The Morgan fingerprint density at radius 1 is 1.69 bits per heavy atom. The Bertz CT molecular complexity index is 384. The van der Waals surface area contributed by atoms with Crippen molar-refractivity contribution in [3.63, 3.8) is 0 Å². The minimum absolute atomic E-state index is 0.106. The lowest BCUT2D eigenvalue weighted by molar-refractivity contribution is -0.122. The number of carbonyl (C=O) groups is 1. The van der Waals surface area contributed by atoms with Gasteiger partial charge in [0.25, 0.3) is 0 Å². The van der Waals surface area contributed by atoms with Crippen LogP contribution < -0.4 is 5.32 Å². The van der Waals surface area contributed by atoms with E-state index in [1.54, 1.807) is 6.20 Å². The summed E-state index contributed by atoms with van der Waals surface area (Å²) >= 11 is 4.29. The molecule has 0 bridgehead atoms. The van der Waals surface area contributed by atoms with E-state index in [1.165, 1.54) is 0 Å². The first-order valence-electron chi connectivity index (χ1n) is 5.49. The summed E-state index contributed by atoms with van der Waals surface area (Å²) < 4.78 is 1.91. The molecule has 1 heterocycles. The van der Waals surface area contributed by atoms with Crippen LogP contribution in [-0.2, 0) is 18.4 Å². The second kappa shape index (κ2) is 4.49. The summed E-state index contributed by atoms with van der Waals surface area (Å²) in [5.41, 5.74) is 0.189. The van der Waals surface area contributed by atoms with Crippen LogP contribution in [0.4, 0.5) is 0 Å². The number of rotatable bonds is 5. The Morgan fingerprint density at radius 2 is 2.44 bits per heavy atom. The molecule has 1 amide bonds. The maximum Gasteiger partial charge on any atom is 0.220 e. The van der Waals surface area contributed by atoms with Gasteiger partial charge in [-0.3, -0.25) is 4.79 Å². The lowest BCUT2D eigenvalue weighted by Crippen LogP contribution is -2.27. The number of nitrogens with one attached hydrogen (secondary N) is 1. The van der Waals surface area contributed by atoms with Gasteiger partial charge in [0, 0.05) is 25.9 Å². The number of aryl methyl sites for hydroxylation is 1. The number of thiol groups is 1. The lowest BCUT2D eigenvalue weighted by atomic mass is 10.1. The molecule has 1 aromatic heterocycles. The first kappa shape index (κ1) is 11.5. The highest BCUT2D eigenvalue weighted by atomic mass is 32.1. The molecule has 0 atom stereocenters. The number of amides is 1. The highest BCUT2D eigenvalue weighted by Gasteiger charge is 2.42. The van der Waals surface area contributed by atoms with Crippen molar-refractivity contribution >= 4 is 18.5 Å². The third-order valence-electron chi connectivity index (χ3n) is 3.19. The van der Waals surface area contributed by atoms with Crippen LogP contribution >= 0.6 is 12.6 Å². The SMILES string of the molecule is Cn1ccnc1CNC(=O)CC1(CS)CC1. The van der Waals surface area contributed by atoms with E-state index in [0.717, 1.165) is 24.4 Å². The first-order chi connectivity index (χ1) is 7.65. The van der Waals surface area contributed by atoms with Crippen molar-refractivity contribution in [1.82, 2.24) is 14.9 Å². The van der Waals surface area contributed by atoms with Gasteiger partial charge >= 0.3 is 0 Å². The van der Waals surface area contributed by atoms with E-state index in [1.807, 2.05) is 17.8 Å². The Hall–Kier alpha value is -0.970. The van der Waals surface area contributed by atoms with E-state index in [9.17, 15) is 4.79 Å². The Kier molecular flexibility index (Phi) is 3.23. The number of nitrogens with zero attached hydrogens (tertiary/aromatic N) is 2. The molecular weight excluding hydrogens is 222 g/mol. The topological polar surface area (TPSA) is 46.9 Å². The van der Waals surface area contributed by atoms with Gasteiger partial charge in [-0.25, -0.2) is 4.98 Å². The van der Waals surface area contributed by atoms with Gasteiger partial charge in [-0.2, -0.15) is 12.6 Å². The molecule has 2 rings (SSSR count). The van der Waals surface area contributed by atoms with E-state index >= 15 is 0 Å². The number of aromatic nitrogens is 2. The molecule has 1 fully saturated rings. The van der Waals surface area contributed by atoms with Crippen molar-refractivity contribution in [3.05, 3.63) is 18.2 Å². The van der Waals surface area contributed by atoms with Crippen molar-refractivity contribution in [2.45, 2.75) is 25.8 Å². The van der Waals surface area contributed by atoms with Crippen LogP contribution in [0, 0.1) is 5.41 Å². The van der Waals surface area contributed by atoms with E-state index in [-0.39, 0.29) is 11.3 Å². The van der Waals surface area contributed by atoms with Crippen molar-refractivity contribution < 1.29 is 4.79 Å². The molecule has 0 aromatic carbocycles. The largest absolute Gasteiger partial charge is 0.349 e. The fourth-order valence-electron chi connectivity index (χ4n) is 1.72. The minimum Gasteiger partial charge on any atom is -0.349 e. The zero-order valence-electron chi connectivity index (χ0n) is 9.44. The highest BCUT2D eigenvalue weighted by Crippen LogP contribution is 2.49. The fourth-order valence-corrected chi connectivity index (χ4v) is 2.14. The molecule has 5 heteroatoms. The van der Waals surface area contributed by atoms with Crippen LogP contribution in [0.15, 0.2) is 12.4 Å². The molecule has 1 aliphatic rings. The summed E-state index contributed by atoms with van der Waals surface area (Å²) in [6.45, 7) is 0.505. The van der Waals surface area contributed by atoms with Crippen LogP contribution in [0.2, 0.25) is 0 Å². The maximum atomic E-state index is 11.7. The average Bonchev–Trinajstić information content (AvgIpc) is 2.92. The van der Waals surface area contributed by atoms with Crippen LogP contribution in [0.3, 0.4) is 0 Å². The number of carbonyl (C=O) groups excluding carboxylic acids is 1. The summed E-state index contributed by atoms with van der Waals surface area (Å²) in [6, 6.07) is 0. The van der Waals surface area contributed by atoms with Gasteiger partial charge in [-0.05, 0) is 24.0 Å². The Labute approximate surface area is 101 Å². The highest BCUT2D eigenvalue weighted by molar-refractivity contribution is 7.80. The molecule has 1 aliphatic carbocycles. The van der Waals surface area contributed by atoms with Gasteiger partial charge in [0.2, 0.25) is 5.91 Å². The standard InChI is InChI=1S/C11H17N3OS/c1-14-5-4-12-9(14)7-13-10(15)6-11(8-16)2-3-11/h4-5,16H,2-3,6-8H2,1H3,(H,13,15). The van der Waals surface area contributed by atoms with Crippen molar-refractivity contribution in [2.24, 2.45) is 12.5 Å². The minimum atomic E-state index is 0.106. The van der Waals surface area contributed by atoms with E-state index in [4.69, 9.17) is 0 Å². The number of hydrogen-bond acceptors (Lipinski definition) is 3. The van der Waals surface area contributed by atoms with Gasteiger partial charge in [-0.15, -0.1) is 0 Å². The average molecular weight is 239 g/mol. The summed E-state index contributed by atoms with van der Waals surface area (Å²) in [4.78, 5) is 15.8. The lowest BCUT2D eigenvalue weighted by Gasteiger charge is -2.11. The van der Waals surface area contributed by atoms with Crippen LogP contribution in [0.1, 0.15) is 25.1 Å². The number of hydrogen-bond donors (Lipinski definition) is 2. The summed E-state index contributed by atoms with van der Waals surface area (Å²) in [7, 11) is 1.92. The fraction of sp³-hybridized carbons (Fsp3) is 0.636. The smallest absolute Gasteiger partial charge is 0.220 e. The van der Waals surface area contributed by atoms with Crippen molar-refractivity contribution in [1.29, 1.82) is 0 Å². The van der Waals surface area contributed by atoms with Crippen molar-refractivity contribution in [2.75, 3.05) is 5.75 Å². The summed E-state index contributed by atoms with van der Waals surface area (Å²) in [6.07, 6.45) is 6.47. The predicted molar refractivity (Wildman–Crippen MR) is 65.2 cm³/mol. The number of imidazole rings is 1. The van der Waals surface area contributed by atoms with Gasteiger partial charge < -0.3 is 9.88 Å². The van der Waals surface area contributed by atoms with Crippen LogP contribution in [-0.4, -0.2) is 21.2 Å². The van der Waals surface area contributed by atoms with Crippen LogP contribution in [0.25, 0.3) is 0 Å². The normalized spacial score (nSPS) is 17.1. The van der Waals surface area contributed by atoms with E-state index < -0.39 is 0 Å². The van der Waals surface area contributed by atoms with Gasteiger partial charge in [-0.1, -0.05) is 0 Å². The second-order valence-electron chi connectivity index (χ2n) is 4.57. The molecular formula is C11H17N3OS. The zero-order valence-corrected chi connectivity index (χ0v) is 10.3. The first-order valence-corrected chi connectivity index (χ1v) is 6.12. The summed E-state index contributed by atoms with van der Waals surface area (Å²) in [5, 5.41) is 2.90. The van der Waals surface area contributed by atoms with E-state index in [0.29, 0.717) is 13.0 Å². The molecule has 1 saturated carbocycles. The third-order valence-corrected chi connectivity index (χ3v) is 3.86. The molecule has 0 radical (unpaired) electrons. The molecule has 0 aliphatic heterocycles. The quantitative estimate of drug-likeness (QED) is 0.757. The molecule has 0 unspecified atom stereocenters. The van der Waals surface area contributed by atoms with Crippen LogP contribution in [0.5, 0.6) is 0 Å². The Morgan fingerprint density at radius 3 is 2.94 bits per heavy atom. The van der Waals surface area contributed by atoms with Gasteiger partial charge in [0.05, 0.1) is 6.54 Å². The van der Waals surface area contributed by atoms with E-state index in [2.05, 4.69) is 22.9 Å². The van der Waals surface area contributed by atoms with Gasteiger partial charge in [0.15, 0.2) is 0 Å². The third kappa shape index (κ3) is 2.58. The van der Waals surface area contributed by atoms with Gasteiger partial charge in [0.1, 0.15) is 5.82 Å². The maximum absolute atomic E-state index is 11.7. The molecule has 1 N–H and O–H groups in total. The summed E-state index contributed by atoms with van der Waals surface area (Å²) in [5.74, 6) is 1.79. The Balaban J connectivity index is 1.78. The zero-order chi connectivity index (χ0) is 11.6. The molecule has 88 valence electrons. The molecule has 16 heavy (non-hydrogen) atoms. The predicted octanol–water partition coefficient (Wildman–Crippen LogP) is 1.14. The molecule has 0 saturated heterocycles. The second-order valence-corrected chi connectivity index (χ2v) is 4.88. The monoisotopic (exact) mass is 239 g/mol. The molecule has 1 aromatic rings.